The van der Waals surface area contributed by atoms with Gasteiger partial charge in [-0.1, -0.05) is 17.4 Å². The van der Waals surface area contributed by atoms with Gasteiger partial charge >= 0.3 is 0 Å². The van der Waals surface area contributed by atoms with Crippen molar-refractivity contribution >= 4 is 33.9 Å². The van der Waals surface area contributed by atoms with E-state index in [2.05, 4.69) is 20.6 Å². The summed E-state index contributed by atoms with van der Waals surface area (Å²) in [5, 5.41) is 16.2. The molecule has 3 rings (SSSR count). The Hall–Kier alpha value is -2.87. The number of aliphatic imine (C=N–C) groups is 1. The molecular weight excluding hydrogens is 362 g/mol. The maximum atomic E-state index is 12.5. The van der Waals surface area contributed by atoms with Crippen molar-refractivity contribution in [1.82, 2.24) is 10.3 Å². The quantitative estimate of drug-likeness (QED) is 0.450. The lowest BCUT2D eigenvalue weighted by molar-refractivity contribution is 0.103. The molecule has 7 nitrogen and oxygen atoms in total. The van der Waals surface area contributed by atoms with Crippen LogP contribution in [-0.2, 0) is 0 Å². The number of rotatable bonds is 6. The monoisotopic (exact) mass is 385 g/mol. The molecule has 27 heavy (non-hydrogen) atoms. The molecule has 1 amide bonds. The fraction of sp³-hybridized carbons (Fsp3) is 0.316. The number of hydrogen-bond donors (Lipinski definition) is 4. The fourth-order valence-electron chi connectivity index (χ4n) is 2.72. The Balaban J connectivity index is 1.75. The third kappa shape index (κ3) is 4.46. The first-order valence-electron chi connectivity index (χ1n) is 8.69. The molecule has 8 heteroatoms. The maximum Gasteiger partial charge on any atom is 0.267 e. The Morgan fingerprint density at radius 2 is 2.15 bits per heavy atom. The van der Waals surface area contributed by atoms with E-state index in [0.717, 1.165) is 35.4 Å². The van der Waals surface area contributed by atoms with Crippen molar-refractivity contribution < 1.29 is 9.90 Å². The van der Waals surface area contributed by atoms with Crippen molar-refractivity contribution in [3.8, 4) is 5.75 Å². The van der Waals surface area contributed by atoms with Crippen molar-refractivity contribution in [2.24, 2.45) is 16.6 Å². The van der Waals surface area contributed by atoms with Crippen molar-refractivity contribution in [2.45, 2.75) is 26.7 Å². The zero-order chi connectivity index (χ0) is 19.6. The highest BCUT2D eigenvalue weighted by Gasteiger charge is 2.25. The number of carbonyl (C=O) groups is 1. The van der Waals surface area contributed by atoms with E-state index in [4.69, 9.17) is 5.73 Å². The van der Waals surface area contributed by atoms with Gasteiger partial charge in [0.15, 0.2) is 0 Å². The van der Waals surface area contributed by atoms with Gasteiger partial charge in [0.05, 0.1) is 11.9 Å². The number of anilines is 1. The highest BCUT2D eigenvalue weighted by molar-refractivity contribution is 7.17. The fourth-order valence-corrected chi connectivity index (χ4v) is 3.42. The van der Waals surface area contributed by atoms with E-state index in [1.165, 1.54) is 6.20 Å². The number of nitrogens with zero attached hydrogens (tertiary/aromatic N) is 2. The summed E-state index contributed by atoms with van der Waals surface area (Å²) in [7, 11) is 1.87. The predicted molar refractivity (Wildman–Crippen MR) is 109 cm³/mol. The number of aromatic nitrogens is 1. The van der Waals surface area contributed by atoms with Crippen LogP contribution >= 0.6 is 11.3 Å². The molecule has 0 atom stereocenters. The van der Waals surface area contributed by atoms with Crippen LogP contribution in [0.25, 0.3) is 0 Å². The molecule has 1 aromatic heterocycles. The molecule has 0 spiro atoms. The molecule has 0 bridgehead atoms. The number of allylic oxidation sites excluding steroid dienone is 1. The second kappa shape index (κ2) is 7.79. The van der Waals surface area contributed by atoms with Gasteiger partial charge in [0, 0.05) is 18.3 Å². The summed E-state index contributed by atoms with van der Waals surface area (Å²) in [5.74, 6) is 0.734. The summed E-state index contributed by atoms with van der Waals surface area (Å²) in [4.78, 5) is 21.4. The summed E-state index contributed by atoms with van der Waals surface area (Å²) >= 11 is 1.16. The number of phenols is 1. The average molecular weight is 385 g/mol. The van der Waals surface area contributed by atoms with Crippen LogP contribution in [0.2, 0.25) is 0 Å². The van der Waals surface area contributed by atoms with Crippen molar-refractivity contribution in [1.29, 1.82) is 0 Å². The zero-order valence-corrected chi connectivity index (χ0v) is 16.4. The standard InChI is InChI=1S/C19H23N5O2S/c1-10-4-7-14(25)11(2)17(10)24-18(26)15-9-22-19(27-15)23-16(20)8-13(21-3)12-5-6-12/h4,7-9,12,21,25H,5-6H2,1-3H3,(H,24,26)(H2,20,22,23)/b13-8-. The lowest BCUT2D eigenvalue weighted by Crippen LogP contribution is -2.15. The van der Waals surface area contributed by atoms with Crippen LogP contribution in [0.3, 0.4) is 0 Å². The number of phenolic OH excluding ortho intramolecular Hbond substituents is 1. The first-order chi connectivity index (χ1) is 12.9. The van der Waals surface area contributed by atoms with Gasteiger partial charge in [-0.25, -0.2) is 9.98 Å². The van der Waals surface area contributed by atoms with Gasteiger partial charge in [0.2, 0.25) is 5.13 Å². The van der Waals surface area contributed by atoms with Crippen LogP contribution in [0.15, 0.2) is 35.1 Å². The van der Waals surface area contributed by atoms with Crippen LogP contribution in [0.5, 0.6) is 5.75 Å². The number of thiazole rings is 1. The normalized spacial score (nSPS) is 14.9. The summed E-state index contributed by atoms with van der Waals surface area (Å²) in [6.07, 6.45) is 5.62. The molecular formula is C19H23N5O2S. The maximum absolute atomic E-state index is 12.5. The van der Waals surface area contributed by atoms with E-state index in [0.29, 0.717) is 33.0 Å². The second-order valence-electron chi connectivity index (χ2n) is 6.52. The summed E-state index contributed by atoms with van der Waals surface area (Å²) in [6.45, 7) is 3.63. The largest absolute Gasteiger partial charge is 0.508 e. The summed E-state index contributed by atoms with van der Waals surface area (Å²) in [5.41, 5.74) is 9.15. The number of amidine groups is 1. The van der Waals surface area contributed by atoms with Crippen LogP contribution in [-0.4, -0.2) is 28.9 Å². The van der Waals surface area contributed by atoms with Gasteiger partial charge in [-0.3, -0.25) is 4.79 Å². The highest BCUT2D eigenvalue weighted by Crippen LogP contribution is 2.35. The third-order valence-electron chi connectivity index (χ3n) is 4.43. The number of aryl methyl sites for hydroxylation is 1. The molecule has 1 aliphatic rings. The Labute approximate surface area is 162 Å². The predicted octanol–water partition coefficient (Wildman–Crippen LogP) is 3.22. The molecule has 1 heterocycles. The van der Waals surface area contributed by atoms with E-state index in [9.17, 15) is 9.90 Å². The molecule has 5 N–H and O–H groups in total. The number of benzene rings is 1. The minimum Gasteiger partial charge on any atom is -0.508 e. The molecule has 1 aromatic carbocycles. The second-order valence-corrected chi connectivity index (χ2v) is 7.53. The molecule has 0 unspecified atom stereocenters. The van der Waals surface area contributed by atoms with Gasteiger partial charge in [0.1, 0.15) is 16.5 Å². The van der Waals surface area contributed by atoms with Crippen molar-refractivity contribution in [3.05, 3.63) is 46.1 Å². The SMILES string of the molecule is CN/C(=C\C(N)=N/c1ncc(C(=O)Nc2c(C)ccc(O)c2C)s1)C1CC1. The van der Waals surface area contributed by atoms with Gasteiger partial charge in [0.25, 0.3) is 5.91 Å². The smallest absolute Gasteiger partial charge is 0.267 e. The van der Waals surface area contributed by atoms with Gasteiger partial charge in [-0.05, 0) is 50.3 Å². The van der Waals surface area contributed by atoms with Crippen LogP contribution in [0.4, 0.5) is 10.8 Å². The first-order valence-corrected chi connectivity index (χ1v) is 9.50. The van der Waals surface area contributed by atoms with Crippen LogP contribution in [0, 0.1) is 19.8 Å². The molecule has 1 saturated carbocycles. The number of amides is 1. The Morgan fingerprint density at radius 1 is 1.41 bits per heavy atom. The van der Waals surface area contributed by atoms with Gasteiger partial charge < -0.3 is 21.5 Å². The minimum atomic E-state index is -0.297. The molecule has 0 saturated heterocycles. The lowest BCUT2D eigenvalue weighted by Gasteiger charge is -2.11. The van der Waals surface area contributed by atoms with Crippen molar-refractivity contribution in [3.63, 3.8) is 0 Å². The topological polar surface area (TPSA) is 113 Å². The molecule has 0 aliphatic heterocycles. The molecule has 0 radical (unpaired) electrons. The van der Waals surface area contributed by atoms with Crippen molar-refractivity contribution in [2.75, 3.05) is 12.4 Å². The Kier molecular flexibility index (Phi) is 5.46. The lowest BCUT2D eigenvalue weighted by atomic mass is 10.1. The van der Waals surface area contributed by atoms with Crippen LogP contribution < -0.4 is 16.4 Å². The molecule has 142 valence electrons. The summed E-state index contributed by atoms with van der Waals surface area (Å²) < 4.78 is 0. The zero-order valence-electron chi connectivity index (χ0n) is 15.5. The number of nitrogens with two attached hydrogens (primary N) is 1. The minimum absolute atomic E-state index is 0.140. The number of aromatic hydroxyl groups is 1. The van der Waals surface area contributed by atoms with E-state index in [1.54, 1.807) is 19.1 Å². The summed E-state index contributed by atoms with van der Waals surface area (Å²) in [6, 6.07) is 3.36. The van der Waals surface area contributed by atoms with Gasteiger partial charge in [-0.15, -0.1) is 0 Å². The first kappa shape index (κ1) is 18.9. The number of hydrogen-bond acceptors (Lipinski definition) is 6. The van der Waals surface area contributed by atoms with E-state index in [1.807, 2.05) is 20.0 Å². The van der Waals surface area contributed by atoms with E-state index in [-0.39, 0.29) is 11.7 Å². The Morgan fingerprint density at radius 3 is 2.81 bits per heavy atom. The van der Waals surface area contributed by atoms with Crippen LogP contribution in [0.1, 0.15) is 33.6 Å². The highest BCUT2D eigenvalue weighted by atomic mass is 32.1. The number of carbonyl (C=O) groups excluding carboxylic acids is 1. The average Bonchev–Trinajstić information content (AvgIpc) is 3.38. The molecule has 1 fully saturated rings. The molecule has 1 aliphatic carbocycles. The molecule has 2 aromatic rings. The van der Waals surface area contributed by atoms with E-state index < -0.39 is 0 Å². The number of nitrogens with one attached hydrogen (secondary N) is 2. The Bertz CT molecular complexity index is 928. The van der Waals surface area contributed by atoms with Gasteiger partial charge in [-0.2, -0.15) is 0 Å². The van der Waals surface area contributed by atoms with E-state index >= 15 is 0 Å². The third-order valence-corrected chi connectivity index (χ3v) is 5.32.